The van der Waals surface area contributed by atoms with Gasteiger partial charge in [0.05, 0.1) is 4.92 Å². The van der Waals surface area contributed by atoms with Crippen molar-refractivity contribution in [3.63, 3.8) is 0 Å². The summed E-state index contributed by atoms with van der Waals surface area (Å²) in [6.45, 7) is 1.59. The van der Waals surface area contributed by atoms with Crippen molar-refractivity contribution in [3.8, 4) is 0 Å². The van der Waals surface area contributed by atoms with E-state index in [9.17, 15) is 10.1 Å². The van der Waals surface area contributed by atoms with Crippen molar-refractivity contribution in [2.45, 2.75) is 44.9 Å². The van der Waals surface area contributed by atoms with Crippen molar-refractivity contribution in [1.82, 2.24) is 5.16 Å². The Labute approximate surface area is 87.6 Å². The maximum Gasteiger partial charge on any atom is 0.334 e. The van der Waals surface area contributed by atoms with Crippen LogP contribution in [0.15, 0.2) is 4.52 Å². The van der Waals surface area contributed by atoms with Crippen LogP contribution in [0.1, 0.15) is 49.5 Å². The van der Waals surface area contributed by atoms with Gasteiger partial charge in [-0.1, -0.05) is 24.4 Å². The number of hydrogen-bond acceptors (Lipinski definition) is 4. The summed E-state index contributed by atoms with van der Waals surface area (Å²) in [5, 5.41) is 14.7. The normalized spacial score (nSPS) is 17.9. The first-order chi connectivity index (χ1) is 7.20. The summed E-state index contributed by atoms with van der Waals surface area (Å²) in [5.74, 6) is 0.539. The van der Waals surface area contributed by atoms with Crippen LogP contribution in [0.2, 0.25) is 0 Å². The van der Waals surface area contributed by atoms with E-state index < -0.39 is 0 Å². The molecule has 1 aliphatic rings. The second-order valence-electron chi connectivity index (χ2n) is 4.06. The fourth-order valence-corrected chi connectivity index (χ4v) is 2.25. The third-order valence-corrected chi connectivity index (χ3v) is 3.03. The Hall–Kier alpha value is -1.39. The molecule has 5 heteroatoms. The molecule has 1 aliphatic carbocycles. The van der Waals surface area contributed by atoms with Crippen LogP contribution < -0.4 is 0 Å². The van der Waals surface area contributed by atoms with Crippen LogP contribution in [0.4, 0.5) is 5.69 Å². The van der Waals surface area contributed by atoms with Crippen molar-refractivity contribution < 1.29 is 9.45 Å². The van der Waals surface area contributed by atoms with Gasteiger partial charge in [-0.25, -0.2) is 0 Å². The highest BCUT2D eigenvalue weighted by molar-refractivity contribution is 5.40. The maximum atomic E-state index is 10.9. The highest BCUT2D eigenvalue weighted by Crippen LogP contribution is 2.37. The van der Waals surface area contributed by atoms with Gasteiger partial charge < -0.3 is 4.52 Å². The molecule has 0 radical (unpaired) electrons. The number of rotatable bonds is 2. The molecule has 1 fully saturated rings. The van der Waals surface area contributed by atoms with E-state index in [1.807, 2.05) is 0 Å². The quantitative estimate of drug-likeness (QED) is 0.555. The molecule has 82 valence electrons. The fraction of sp³-hybridized carbons (Fsp3) is 0.700. The van der Waals surface area contributed by atoms with Crippen molar-refractivity contribution in [1.29, 1.82) is 0 Å². The van der Waals surface area contributed by atoms with Gasteiger partial charge in [-0.3, -0.25) is 10.1 Å². The van der Waals surface area contributed by atoms with E-state index in [1.54, 1.807) is 6.92 Å². The third-order valence-electron chi connectivity index (χ3n) is 3.03. The van der Waals surface area contributed by atoms with Crippen LogP contribution in [-0.4, -0.2) is 10.1 Å². The first-order valence-electron chi connectivity index (χ1n) is 5.30. The molecule has 0 spiro atoms. The van der Waals surface area contributed by atoms with E-state index in [-0.39, 0.29) is 16.5 Å². The SMILES string of the molecule is Cc1onc(C2CCCCC2)c1[N+](=O)[O-]. The van der Waals surface area contributed by atoms with Crippen LogP contribution in [0.25, 0.3) is 0 Å². The summed E-state index contributed by atoms with van der Waals surface area (Å²) >= 11 is 0. The first kappa shape index (κ1) is 10.1. The van der Waals surface area contributed by atoms with Gasteiger partial charge in [0.1, 0.15) is 0 Å². The molecule has 0 saturated heterocycles. The van der Waals surface area contributed by atoms with Gasteiger partial charge in [-0.05, 0) is 12.8 Å². The van der Waals surface area contributed by atoms with Gasteiger partial charge in [0.25, 0.3) is 0 Å². The van der Waals surface area contributed by atoms with Gasteiger partial charge >= 0.3 is 5.69 Å². The molecule has 1 heterocycles. The molecular weight excluding hydrogens is 196 g/mol. The van der Waals surface area contributed by atoms with Crippen molar-refractivity contribution >= 4 is 5.69 Å². The van der Waals surface area contributed by atoms with Gasteiger partial charge in [0.2, 0.25) is 5.76 Å². The van der Waals surface area contributed by atoms with Crippen LogP contribution in [-0.2, 0) is 0 Å². The Morgan fingerprint density at radius 3 is 2.67 bits per heavy atom. The number of aromatic nitrogens is 1. The lowest BCUT2D eigenvalue weighted by atomic mass is 9.86. The zero-order valence-corrected chi connectivity index (χ0v) is 8.73. The minimum atomic E-state index is -0.379. The minimum absolute atomic E-state index is 0.0851. The standard InChI is InChI=1S/C10H14N2O3/c1-7-10(12(13)14)9(11-15-7)8-5-3-2-4-6-8/h8H,2-6H2,1H3. The topological polar surface area (TPSA) is 69.2 Å². The molecular formula is C10H14N2O3. The summed E-state index contributed by atoms with van der Waals surface area (Å²) in [6, 6.07) is 0. The predicted molar refractivity (Wildman–Crippen MR) is 53.7 cm³/mol. The maximum absolute atomic E-state index is 10.9. The Morgan fingerprint density at radius 1 is 1.40 bits per heavy atom. The molecule has 0 unspecified atom stereocenters. The Kier molecular flexibility index (Phi) is 2.70. The monoisotopic (exact) mass is 210 g/mol. The summed E-state index contributed by atoms with van der Waals surface area (Å²) in [5.41, 5.74) is 0.638. The molecule has 15 heavy (non-hydrogen) atoms. The lowest BCUT2D eigenvalue weighted by molar-refractivity contribution is -0.386. The Morgan fingerprint density at radius 2 is 2.07 bits per heavy atom. The van der Waals surface area contributed by atoms with E-state index in [0.29, 0.717) is 11.5 Å². The van der Waals surface area contributed by atoms with E-state index in [0.717, 1.165) is 25.7 Å². The predicted octanol–water partition coefficient (Wildman–Crippen LogP) is 2.94. The molecule has 0 aromatic carbocycles. The van der Waals surface area contributed by atoms with E-state index in [4.69, 9.17) is 4.52 Å². The average Bonchev–Trinajstić information content (AvgIpc) is 2.61. The smallest absolute Gasteiger partial charge is 0.334 e. The third kappa shape index (κ3) is 1.86. The average molecular weight is 210 g/mol. The van der Waals surface area contributed by atoms with Gasteiger partial charge in [0.15, 0.2) is 5.69 Å². The summed E-state index contributed by atoms with van der Waals surface area (Å²) in [4.78, 5) is 10.5. The summed E-state index contributed by atoms with van der Waals surface area (Å²) < 4.78 is 4.92. The molecule has 0 bridgehead atoms. The number of aryl methyl sites for hydroxylation is 1. The van der Waals surface area contributed by atoms with Crippen LogP contribution in [0.3, 0.4) is 0 Å². The Bertz CT molecular complexity index is 367. The van der Waals surface area contributed by atoms with Gasteiger partial charge in [-0.15, -0.1) is 0 Å². The van der Waals surface area contributed by atoms with Crippen molar-refractivity contribution in [2.75, 3.05) is 0 Å². The largest absolute Gasteiger partial charge is 0.354 e. The lowest BCUT2D eigenvalue weighted by Gasteiger charge is -2.18. The first-order valence-corrected chi connectivity index (χ1v) is 5.30. The number of hydrogen-bond donors (Lipinski definition) is 0. The molecule has 0 atom stereocenters. The van der Waals surface area contributed by atoms with Crippen LogP contribution in [0, 0.1) is 17.0 Å². The van der Waals surface area contributed by atoms with Gasteiger partial charge in [0, 0.05) is 12.8 Å². The van der Waals surface area contributed by atoms with Crippen molar-refractivity contribution in [3.05, 3.63) is 21.6 Å². The highest BCUT2D eigenvalue weighted by Gasteiger charge is 2.30. The zero-order valence-electron chi connectivity index (χ0n) is 8.73. The van der Waals surface area contributed by atoms with E-state index >= 15 is 0 Å². The summed E-state index contributed by atoms with van der Waals surface area (Å²) in [6.07, 6.45) is 5.47. The fourth-order valence-electron chi connectivity index (χ4n) is 2.25. The zero-order chi connectivity index (χ0) is 10.8. The summed E-state index contributed by atoms with van der Waals surface area (Å²) in [7, 11) is 0. The molecule has 1 aromatic heterocycles. The highest BCUT2D eigenvalue weighted by atomic mass is 16.6. The molecule has 1 aromatic rings. The molecule has 0 aliphatic heterocycles. The number of nitro groups is 1. The van der Waals surface area contributed by atoms with Crippen LogP contribution in [0.5, 0.6) is 0 Å². The minimum Gasteiger partial charge on any atom is -0.354 e. The number of nitrogens with zero attached hydrogens (tertiary/aromatic N) is 2. The van der Waals surface area contributed by atoms with Crippen molar-refractivity contribution in [2.24, 2.45) is 0 Å². The Balaban J connectivity index is 2.30. The molecule has 0 N–H and O–H groups in total. The molecule has 5 nitrogen and oxygen atoms in total. The molecule has 1 saturated carbocycles. The van der Waals surface area contributed by atoms with Crippen LogP contribution >= 0.6 is 0 Å². The molecule has 0 amide bonds. The van der Waals surface area contributed by atoms with E-state index in [1.165, 1.54) is 6.42 Å². The lowest BCUT2D eigenvalue weighted by Crippen LogP contribution is -2.07. The van der Waals surface area contributed by atoms with Gasteiger partial charge in [-0.2, -0.15) is 0 Å². The van der Waals surface area contributed by atoms with E-state index in [2.05, 4.69) is 5.16 Å². The molecule has 2 rings (SSSR count). The second kappa shape index (κ2) is 4.00. The second-order valence-corrected chi connectivity index (χ2v) is 4.06.